The third-order valence-electron chi connectivity index (χ3n) is 2.74. The van der Waals surface area contributed by atoms with Gasteiger partial charge in [-0.1, -0.05) is 34.1 Å². The summed E-state index contributed by atoms with van der Waals surface area (Å²) in [6, 6.07) is -0.369. The van der Waals surface area contributed by atoms with E-state index in [1.807, 2.05) is 6.92 Å². The van der Waals surface area contributed by atoms with Gasteiger partial charge in [0.25, 0.3) is 0 Å². The quantitative estimate of drug-likeness (QED) is 0.781. The summed E-state index contributed by atoms with van der Waals surface area (Å²) < 4.78 is 0. The molecule has 0 aliphatic heterocycles. The van der Waals surface area contributed by atoms with Crippen molar-refractivity contribution in [3.8, 4) is 0 Å². The van der Waals surface area contributed by atoms with Crippen LogP contribution in [0, 0.1) is 5.92 Å². The lowest BCUT2D eigenvalue weighted by Gasteiger charge is -2.25. The molecule has 2 unspecified atom stereocenters. The molecular weight excluding hydrogens is 254 g/mol. The van der Waals surface area contributed by atoms with Gasteiger partial charge in [-0.25, -0.2) is 0 Å². The Bertz CT molecular complexity index is 280. The van der Waals surface area contributed by atoms with Crippen LogP contribution in [0.2, 0.25) is 0 Å². The Morgan fingerprint density at radius 3 is 1.95 bits per heavy atom. The molecule has 0 aromatic carbocycles. The molecule has 20 heavy (non-hydrogen) atoms. The zero-order valence-electron chi connectivity index (χ0n) is 14.2. The van der Waals surface area contributed by atoms with Gasteiger partial charge < -0.3 is 16.0 Å². The first-order chi connectivity index (χ1) is 9.20. The Balaban J connectivity index is 0. The molecule has 0 rings (SSSR count). The van der Waals surface area contributed by atoms with Crippen molar-refractivity contribution in [1.82, 2.24) is 10.2 Å². The lowest BCUT2D eigenvalue weighted by Crippen LogP contribution is -2.49. The SMILES string of the molecule is CC(C)CC(C)NC(=O)C(C)N(C)C(=O)CN.CCC. The van der Waals surface area contributed by atoms with Crippen LogP contribution in [0.5, 0.6) is 0 Å². The molecule has 0 saturated carbocycles. The topological polar surface area (TPSA) is 75.4 Å². The molecule has 0 saturated heterocycles. The lowest BCUT2D eigenvalue weighted by atomic mass is 10.0. The number of nitrogens with two attached hydrogens (primary N) is 1. The highest BCUT2D eigenvalue weighted by atomic mass is 16.2. The molecule has 5 nitrogen and oxygen atoms in total. The van der Waals surface area contributed by atoms with Crippen molar-refractivity contribution in [2.45, 2.75) is 66.5 Å². The van der Waals surface area contributed by atoms with Crippen molar-refractivity contribution in [2.24, 2.45) is 11.7 Å². The summed E-state index contributed by atoms with van der Waals surface area (Å²) in [6.07, 6.45) is 2.17. The molecule has 0 aliphatic rings. The Hall–Kier alpha value is -1.10. The molecule has 0 bridgehead atoms. The largest absolute Gasteiger partial charge is 0.352 e. The summed E-state index contributed by atoms with van der Waals surface area (Å²) in [7, 11) is 1.59. The summed E-state index contributed by atoms with van der Waals surface area (Å²) >= 11 is 0. The number of carbonyl (C=O) groups is 2. The van der Waals surface area contributed by atoms with E-state index < -0.39 is 6.04 Å². The molecule has 0 aliphatic carbocycles. The van der Waals surface area contributed by atoms with Crippen molar-refractivity contribution < 1.29 is 9.59 Å². The van der Waals surface area contributed by atoms with E-state index in [9.17, 15) is 9.59 Å². The minimum absolute atomic E-state index is 0.0737. The van der Waals surface area contributed by atoms with Crippen molar-refractivity contribution in [3.63, 3.8) is 0 Å². The van der Waals surface area contributed by atoms with E-state index in [2.05, 4.69) is 33.0 Å². The second kappa shape index (κ2) is 11.7. The molecule has 0 heterocycles. The van der Waals surface area contributed by atoms with Gasteiger partial charge in [0.15, 0.2) is 0 Å². The zero-order chi connectivity index (χ0) is 16.3. The summed E-state index contributed by atoms with van der Waals surface area (Å²) in [4.78, 5) is 24.6. The van der Waals surface area contributed by atoms with Gasteiger partial charge in [0, 0.05) is 13.1 Å². The van der Waals surface area contributed by atoms with Crippen LogP contribution in [-0.2, 0) is 9.59 Å². The van der Waals surface area contributed by atoms with E-state index >= 15 is 0 Å². The lowest BCUT2D eigenvalue weighted by molar-refractivity contribution is -0.137. The number of rotatable bonds is 6. The molecule has 2 atom stereocenters. The van der Waals surface area contributed by atoms with E-state index in [4.69, 9.17) is 5.73 Å². The van der Waals surface area contributed by atoms with Gasteiger partial charge in [-0.3, -0.25) is 9.59 Å². The summed E-state index contributed by atoms with van der Waals surface area (Å²) in [5.74, 6) is 0.163. The van der Waals surface area contributed by atoms with E-state index in [0.29, 0.717) is 5.92 Å². The maximum Gasteiger partial charge on any atom is 0.242 e. The van der Waals surface area contributed by atoms with Crippen LogP contribution in [0.3, 0.4) is 0 Å². The highest BCUT2D eigenvalue weighted by molar-refractivity contribution is 5.87. The van der Waals surface area contributed by atoms with Crippen molar-refractivity contribution in [2.75, 3.05) is 13.6 Å². The standard InChI is InChI=1S/C12H25N3O2.C3H8/c1-8(2)6-9(3)14-12(17)10(4)15(5)11(16)7-13;1-3-2/h8-10H,6-7,13H2,1-5H3,(H,14,17);3H2,1-2H3. The highest BCUT2D eigenvalue weighted by Crippen LogP contribution is 2.05. The minimum Gasteiger partial charge on any atom is -0.352 e. The van der Waals surface area contributed by atoms with Crippen LogP contribution < -0.4 is 11.1 Å². The Kier molecular flexibility index (Phi) is 12.4. The van der Waals surface area contributed by atoms with Gasteiger partial charge in [0.2, 0.25) is 11.8 Å². The van der Waals surface area contributed by atoms with Crippen LogP contribution in [0.4, 0.5) is 0 Å². The predicted octanol–water partition coefficient (Wildman–Crippen LogP) is 1.76. The Labute approximate surface area is 124 Å². The van der Waals surface area contributed by atoms with E-state index in [1.165, 1.54) is 11.3 Å². The molecule has 2 amide bonds. The fourth-order valence-corrected chi connectivity index (χ4v) is 1.67. The number of likely N-dealkylation sites (N-methyl/N-ethyl adjacent to an activating group) is 1. The third-order valence-corrected chi connectivity index (χ3v) is 2.74. The van der Waals surface area contributed by atoms with Crippen molar-refractivity contribution in [1.29, 1.82) is 0 Å². The molecule has 5 heteroatoms. The van der Waals surface area contributed by atoms with E-state index in [0.717, 1.165) is 6.42 Å². The molecular formula is C15H33N3O2. The van der Waals surface area contributed by atoms with E-state index in [1.54, 1.807) is 14.0 Å². The predicted molar refractivity (Wildman–Crippen MR) is 84.3 cm³/mol. The fourth-order valence-electron chi connectivity index (χ4n) is 1.67. The van der Waals surface area contributed by atoms with Gasteiger partial charge >= 0.3 is 0 Å². The zero-order valence-corrected chi connectivity index (χ0v) is 14.2. The number of nitrogens with one attached hydrogen (secondary N) is 1. The monoisotopic (exact) mass is 287 g/mol. The maximum atomic E-state index is 11.9. The molecule has 0 aromatic heterocycles. The highest BCUT2D eigenvalue weighted by Gasteiger charge is 2.22. The van der Waals surface area contributed by atoms with Crippen LogP contribution in [0.25, 0.3) is 0 Å². The minimum atomic E-state index is -0.485. The Morgan fingerprint density at radius 2 is 1.60 bits per heavy atom. The number of hydrogen-bond donors (Lipinski definition) is 2. The number of amides is 2. The number of nitrogens with zero attached hydrogens (tertiary/aromatic N) is 1. The maximum absolute atomic E-state index is 11.9. The first-order valence-corrected chi connectivity index (χ1v) is 7.47. The van der Waals surface area contributed by atoms with Gasteiger partial charge in [0.1, 0.15) is 6.04 Å². The molecule has 0 radical (unpaired) electrons. The van der Waals surface area contributed by atoms with E-state index in [-0.39, 0.29) is 24.4 Å². The van der Waals surface area contributed by atoms with Crippen molar-refractivity contribution >= 4 is 11.8 Å². The number of hydrogen-bond acceptors (Lipinski definition) is 3. The van der Waals surface area contributed by atoms with Crippen molar-refractivity contribution in [3.05, 3.63) is 0 Å². The molecule has 3 N–H and O–H groups in total. The van der Waals surface area contributed by atoms with Crippen LogP contribution >= 0.6 is 0 Å². The van der Waals surface area contributed by atoms with Gasteiger partial charge in [-0.05, 0) is 26.2 Å². The summed E-state index contributed by atoms with van der Waals surface area (Å²) in [6.45, 7) is 12.1. The average molecular weight is 287 g/mol. The first kappa shape index (κ1) is 21.2. The van der Waals surface area contributed by atoms with Crippen LogP contribution in [0.15, 0.2) is 0 Å². The fraction of sp³-hybridized carbons (Fsp3) is 0.867. The summed E-state index contributed by atoms with van der Waals surface area (Å²) in [5, 5.41) is 2.90. The molecule has 0 fully saturated rings. The first-order valence-electron chi connectivity index (χ1n) is 7.47. The van der Waals surface area contributed by atoms with Gasteiger partial charge in [-0.2, -0.15) is 0 Å². The van der Waals surface area contributed by atoms with Crippen LogP contribution in [-0.4, -0.2) is 42.4 Å². The second-order valence-electron chi connectivity index (χ2n) is 5.63. The smallest absolute Gasteiger partial charge is 0.242 e. The molecule has 0 aromatic rings. The molecule has 120 valence electrons. The normalized spacial score (nSPS) is 13.1. The third kappa shape index (κ3) is 9.78. The Morgan fingerprint density at radius 1 is 1.15 bits per heavy atom. The molecule has 0 spiro atoms. The second-order valence-corrected chi connectivity index (χ2v) is 5.63. The number of carbonyl (C=O) groups excluding carboxylic acids is 2. The van der Waals surface area contributed by atoms with Gasteiger partial charge in [0.05, 0.1) is 6.54 Å². The van der Waals surface area contributed by atoms with Gasteiger partial charge in [-0.15, -0.1) is 0 Å². The summed E-state index contributed by atoms with van der Waals surface area (Å²) in [5.41, 5.74) is 5.26. The average Bonchev–Trinajstić information content (AvgIpc) is 2.35. The van der Waals surface area contributed by atoms with Crippen LogP contribution in [0.1, 0.15) is 54.4 Å².